The molecule has 0 aliphatic carbocycles. The van der Waals surface area contributed by atoms with Crippen molar-refractivity contribution in [1.29, 1.82) is 0 Å². The molecule has 0 bridgehead atoms. The zero-order valence-electron chi connectivity index (χ0n) is 9.74. The summed E-state index contributed by atoms with van der Waals surface area (Å²) in [6, 6.07) is 3.66. The number of nitrogens with one attached hydrogen (secondary N) is 1. The highest BCUT2D eigenvalue weighted by Crippen LogP contribution is 2.20. The van der Waals surface area contributed by atoms with Crippen molar-refractivity contribution >= 4 is 27.8 Å². The summed E-state index contributed by atoms with van der Waals surface area (Å²) in [7, 11) is 0. The lowest BCUT2D eigenvalue weighted by Gasteiger charge is -2.15. The minimum absolute atomic E-state index is 0.0766. The third-order valence-electron chi connectivity index (χ3n) is 2.45. The quantitative estimate of drug-likeness (QED) is 0.877. The highest BCUT2D eigenvalue weighted by molar-refractivity contribution is 9.10. The van der Waals surface area contributed by atoms with E-state index in [2.05, 4.69) is 21.2 Å². The molecule has 2 N–H and O–H groups in total. The Balaban J connectivity index is 2.81. The van der Waals surface area contributed by atoms with E-state index in [-0.39, 0.29) is 16.5 Å². The number of carbonyl (C=O) groups is 2. The van der Waals surface area contributed by atoms with Crippen LogP contribution in [0.25, 0.3) is 0 Å². The molecule has 1 amide bonds. The summed E-state index contributed by atoms with van der Waals surface area (Å²) in [5.41, 5.74) is 0.152. The zero-order valence-corrected chi connectivity index (χ0v) is 11.3. The number of halogens is 2. The number of benzene rings is 1. The van der Waals surface area contributed by atoms with Gasteiger partial charge in [-0.1, -0.05) is 13.0 Å². The second kappa shape index (κ2) is 6.49. The Hall–Kier alpha value is -1.43. The first kappa shape index (κ1) is 14.6. The van der Waals surface area contributed by atoms with Gasteiger partial charge >= 0.3 is 5.97 Å². The Morgan fingerprint density at radius 1 is 1.50 bits per heavy atom. The molecule has 18 heavy (non-hydrogen) atoms. The predicted molar refractivity (Wildman–Crippen MR) is 67.9 cm³/mol. The Morgan fingerprint density at radius 2 is 2.17 bits per heavy atom. The van der Waals surface area contributed by atoms with Crippen LogP contribution in [0.5, 0.6) is 0 Å². The summed E-state index contributed by atoms with van der Waals surface area (Å²) in [6.45, 7) is 1.77. The van der Waals surface area contributed by atoms with E-state index in [1.165, 1.54) is 18.2 Å². The molecule has 98 valence electrons. The Kier molecular flexibility index (Phi) is 5.27. The molecule has 0 radical (unpaired) electrons. The summed E-state index contributed by atoms with van der Waals surface area (Å²) in [5.74, 6) is -2.01. The molecule has 0 aliphatic rings. The third-order valence-corrected chi connectivity index (χ3v) is 3.25. The van der Waals surface area contributed by atoms with Crippen LogP contribution in [0.3, 0.4) is 0 Å². The number of amides is 1. The second-order valence-electron chi connectivity index (χ2n) is 3.78. The number of aliphatic carboxylic acids is 1. The predicted octanol–water partition coefficient (Wildman–Crippen LogP) is 2.57. The van der Waals surface area contributed by atoms with Crippen LogP contribution < -0.4 is 5.32 Å². The minimum atomic E-state index is -0.986. The van der Waals surface area contributed by atoms with Crippen LogP contribution in [0.2, 0.25) is 0 Å². The van der Waals surface area contributed by atoms with Gasteiger partial charge in [0.05, 0.1) is 16.5 Å². The Bertz CT molecular complexity index is 465. The van der Waals surface area contributed by atoms with E-state index in [0.717, 1.165) is 0 Å². The molecule has 0 spiro atoms. The molecule has 4 nitrogen and oxygen atoms in total. The molecule has 0 aliphatic heterocycles. The van der Waals surface area contributed by atoms with Crippen LogP contribution in [0.15, 0.2) is 22.7 Å². The lowest BCUT2D eigenvalue weighted by molar-refractivity contribution is -0.137. The van der Waals surface area contributed by atoms with Gasteiger partial charge in [0.25, 0.3) is 5.91 Å². The monoisotopic (exact) mass is 317 g/mol. The van der Waals surface area contributed by atoms with Gasteiger partial charge in [0.15, 0.2) is 0 Å². The summed E-state index contributed by atoms with van der Waals surface area (Å²) >= 11 is 2.99. The number of hydrogen-bond acceptors (Lipinski definition) is 2. The van der Waals surface area contributed by atoms with Gasteiger partial charge in [0, 0.05) is 6.04 Å². The summed E-state index contributed by atoms with van der Waals surface area (Å²) < 4.78 is 13.3. The molecular formula is C12H13BrFNO3. The van der Waals surface area contributed by atoms with E-state index in [0.29, 0.717) is 6.42 Å². The van der Waals surface area contributed by atoms with Crippen molar-refractivity contribution in [2.75, 3.05) is 0 Å². The smallest absolute Gasteiger partial charge is 0.305 e. The van der Waals surface area contributed by atoms with E-state index in [1.807, 2.05) is 0 Å². The lowest BCUT2D eigenvalue weighted by atomic mass is 10.1. The summed E-state index contributed by atoms with van der Waals surface area (Å²) in [6.07, 6.45) is 0.333. The highest BCUT2D eigenvalue weighted by Gasteiger charge is 2.18. The molecule has 1 rings (SSSR count). The van der Waals surface area contributed by atoms with Crippen LogP contribution in [-0.4, -0.2) is 23.0 Å². The highest BCUT2D eigenvalue weighted by atomic mass is 79.9. The van der Waals surface area contributed by atoms with Crippen molar-refractivity contribution in [3.63, 3.8) is 0 Å². The molecular weight excluding hydrogens is 305 g/mol. The second-order valence-corrected chi connectivity index (χ2v) is 4.57. The van der Waals surface area contributed by atoms with Gasteiger partial charge in [-0.3, -0.25) is 9.59 Å². The molecule has 1 aromatic carbocycles. The van der Waals surface area contributed by atoms with E-state index in [9.17, 15) is 14.0 Å². The first-order valence-electron chi connectivity index (χ1n) is 5.42. The van der Waals surface area contributed by atoms with E-state index in [4.69, 9.17) is 5.11 Å². The number of carboxylic acids is 1. The van der Waals surface area contributed by atoms with Gasteiger partial charge in [-0.15, -0.1) is 0 Å². The summed E-state index contributed by atoms with van der Waals surface area (Å²) in [5, 5.41) is 11.2. The van der Waals surface area contributed by atoms with Gasteiger partial charge in [0.1, 0.15) is 5.82 Å². The lowest BCUT2D eigenvalue weighted by Crippen LogP contribution is -2.36. The molecule has 1 atom stereocenters. The molecule has 1 aromatic rings. The van der Waals surface area contributed by atoms with Crippen LogP contribution in [0.4, 0.5) is 4.39 Å². The maximum Gasteiger partial charge on any atom is 0.305 e. The van der Waals surface area contributed by atoms with Crippen molar-refractivity contribution < 1.29 is 19.1 Å². The first-order chi connectivity index (χ1) is 8.45. The van der Waals surface area contributed by atoms with Crippen LogP contribution >= 0.6 is 15.9 Å². The largest absolute Gasteiger partial charge is 0.481 e. The van der Waals surface area contributed by atoms with Crippen molar-refractivity contribution in [3.05, 3.63) is 34.1 Å². The normalized spacial score (nSPS) is 11.9. The van der Waals surface area contributed by atoms with E-state index >= 15 is 0 Å². The Labute approximate surface area is 112 Å². The van der Waals surface area contributed by atoms with Gasteiger partial charge in [0.2, 0.25) is 0 Å². The van der Waals surface area contributed by atoms with Crippen LogP contribution in [-0.2, 0) is 4.79 Å². The first-order valence-corrected chi connectivity index (χ1v) is 6.21. The van der Waals surface area contributed by atoms with E-state index in [1.54, 1.807) is 6.92 Å². The van der Waals surface area contributed by atoms with Crippen LogP contribution in [0, 0.1) is 5.82 Å². The van der Waals surface area contributed by atoms with Crippen LogP contribution in [0.1, 0.15) is 30.1 Å². The SMILES string of the molecule is CCC(CC(=O)O)NC(=O)c1cccc(F)c1Br. The average Bonchev–Trinajstić information content (AvgIpc) is 2.31. The van der Waals surface area contributed by atoms with Crippen molar-refractivity contribution in [2.45, 2.75) is 25.8 Å². The standard InChI is InChI=1S/C12H13BrFNO3/c1-2-7(6-10(16)17)15-12(18)8-4-3-5-9(14)11(8)13/h3-5,7H,2,6H2,1H3,(H,15,18)(H,16,17). The molecule has 0 saturated carbocycles. The third kappa shape index (κ3) is 3.80. The zero-order chi connectivity index (χ0) is 13.7. The number of carbonyl (C=O) groups excluding carboxylic acids is 1. The fourth-order valence-electron chi connectivity index (χ4n) is 1.45. The van der Waals surface area contributed by atoms with Gasteiger partial charge in [-0.05, 0) is 34.5 Å². The van der Waals surface area contributed by atoms with Crippen molar-refractivity contribution in [1.82, 2.24) is 5.32 Å². The molecule has 0 aromatic heterocycles. The molecule has 0 saturated heterocycles. The molecule has 0 heterocycles. The maximum absolute atomic E-state index is 13.2. The Morgan fingerprint density at radius 3 is 2.72 bits per heavy atom. The van der Waals surface area contributed by atoms with Crippen molar-refractivity contribution in [2.24, 2.45) is 0 Å². The molecule has 6 heteroatoms. The topological polar surface area (TPSA) is 66.4 Å². The van der Waals surface area contributed by atoms with Gasteiger partial charge in [-0.25, -0.2) is 4.39 Å². The fourth-order valence-corrected chi connectivity index (χ4v) is 1.89. The average molecular weight is 318 g/mol. The minimum Gasteiger partial charge on any atom is -0.481 e. The maximum atomic E-state index is 13.2. The molecule has 0 fully saturated rings. The van der Waals surface area contributed by atoms with Gasteiger partial charge in [-0.2, -0.15) is 0 Å². The van der Waals surface area contributed by atoms with E-state index < -0.39 is 23.7 Å². The number of rotatable bonds is 5. The molecule has 1 unspecified atom stereocenters. The number of carboxylic acid groups (broad SMARTS) is 1. The fraction of sp³-hybridized carbons (Fsp3) is 0.333. The number of hydrogen-bond donors (Lipinski definition) is 2. The van der Waals surface area contributed by atoms with Gasteiger partial charge < -0.3 is 10.4 Å². The summed E-state index contributed by atoms with van der Waals surface area (Å²) in [4.78, 5) is 22.5. The van der Waals surface area contributed by atoms with Crippen molar-refractivity contribution in [3.8, 4) is 0 Å².